The minimum atomic E-state index is -0.606. The van der Waals surface area contributed by atoms with Crippen LogP contribution in [0.3, 0.4) is 0 Å². The monoisotopic (exact) mass is 452 g/mol. The van der Waals surface area contributed by atoms with Crippen LogP contribution < -0.4 is 20.1 Å². The fourth-order valence-corrected chi connectivity index (χ4v) is 4.44. The molecule has 0 radical (unpaired) electrons. The van der Waals surface area contributed by atoms with Crippen LogP contribution in [0.1, 0.15) is 19.3 Å². The fourth-order valence-electron chi connectivity index (χ4n) is 4.14. The van der Waals surface area contributed by atoms with Gasteiger partial charge in [0, 0.05) is 22.2 Å². The Balaban J connectivity index is 1.17. The van der Waals surface area contributed by atoms with Gasteiger partial charge in [0.25, 0.3) is 11.8 Å². The molecule has 0 aliphatic heterocycles. The molecule has 3 aliphatic carbocycles. The summed E-state index contributed by atoms with van der Waals surface area (Å²) < 4.78 is 24.1. The van der Waals surface area contributed by atoms with Gasteiger partial charge in [-0.25, -0.2) is 4.39 Å². The van der Waals surface area contributed by atoms with Crippen molar-refractivity contribution < 1.29 is 23.5 Å². The summed E-state index contributed by atoms with van der Waals surface area (Å²) in [5.74, 6) is -0.365. The van der Waals surface area contributed by atoms with Gasteiger partial charge >= 0.3 is 0 Å². The van der Waals surface area contributed by atoms with Gasteiger partial charge in [0.05, 0.1) is 5.02 Å². The summed E-state index contributed by atoms with van der Waals surface area (Å²) in [6.45, 7) is -0.331. The fraction of sp³-hybridized carbons (Fsp3) is 0.333. The molecule has 158 valence electrons. The van der Waals surface area contributed by atoms with Crippen LogP contribution in [-0.4, -0.2) is 36.1 Å². The molecular weight excluding hydrogens is 434 g/mol. The summed E-state index contributed by atoms with van der Waals surface area (Å²) in [6.07, 6.45) is 1.97. The predicted octanol–water partition coefficient (Wildman–Crippen LogP) is 3.50. The van der Waals surface area contributed by atoms with Crippen LogP contribution >= 0.6 is 23.2 Å². The van der Waals surface area contributed by atoms with Crippen LogP contribution in [0, 0.1) is 5.82 Å². The zero-order valence-corrected chi connectivity index (χ0v) is 17.4. The molecule has 0 heterocycles. The lowest BCUT2D eigenvalue weighted by atomic mass is 9.44. The first-order valence-corrected chi connectivity index (χ1v) is 10.1. The van der Waals surface area contributed by atoms with Crippen molar-refractivity contribution in [3.63, 3.8) is 0 Å². The van der Waals surface area contributed by atoms with E-state index in [1.165, 1.54) is 12.1 Å². The van der Waals surface area contributed by atoms with Crippen molar-refractivity contribution in [2.24, 2.45) is 0 Å². The number of hydrogen-bond acceptors (Lipinski definition) is 4. The van der Waals surface area contributed by atoms with E-state index < -0.39 is 5.82 Å². The highest BCUT2D eigenvalue weighted by atomic mass is 35.5. The summed E-state index contributed by atoms with van der Waals surface area (Å²) in [4.78, 5) is 24.3. The van der Waals surface area contributed by atoms with Crippen molar-refractivity contribution >= 4 is 35.0 Å². The molecular formula is C21H19Cl2FN2O4. The second-order valence-corrected chi connectivity index (χ2v) is 8.64. The molecule has 3 aliphatic rings. The SMILES string of the molecule is O=C(COc1cccc(Cl)c1)NC12CC(NC(=O)COc3ccc(Cl)c(F)c3)(C1)C2. The van der Waals surface area contributed by atoms with Crippen molar-refractivity contribution in [2.75, 3.05) is 13.2 Å². The Morgan fingerprint density at radius 1 is 0.900 bits per heavy atom. The van der Waals surface area contributed by atoms with Gasteiger partial charge in [-0.05, 0) is 49.6 Å². The van der Waals surface area contributed by atoms with E-state index in [9.17, 15) is 14.0 Å². The summed E-state index contributed by atoms with van der Waals surface area (Å²) in [5.41, 5.74) is -0.602. The van der Waals surface area contributed by atoms with E-state index in [0.717, 1.165) is 6.07 Å². The minimum Gasteiger partial charge on any atom is -0.484 e. The summed E-state index contributed by atoms with van der Waals surface area (Å²) in [7, 11) is 0. The third-order valence-corrected chi connectivity index (χ3v) is 5.81. The first-order chi connectivity index (χ1) is 14.3. The molecule has 2 aromatic carbocycles. The highest BCUT2D eigenvalue weighted by molar-refractivity contribution is 6.31. The Morgan fingerprint density at radius 2 is 1.47 bits per heavy atom. The van der Waals surface area contributed by atoms with Gasteiger partial charge in [0.2, 0.25) is 0 Å². The minimum absolute atomic E-state index is 0.00835. The molecule has 0 atom stereocenters. The summed E-state index contributed by atoms with van der Waals surface area (Å²) in [6, 6.07) is 10.8. The number of ether oxygens (including phenoxy) is 2. The third-order valence-electron chi connectivity index (χ3n) is 5.27. The number of carbonyl (C=O) groups is 2. The van der Waals surface area contributed by atoms with Crippen molar-refractivity contribution in [1.82, 2.24) is 10.6 Å². The summed E-state index contributed by atoms with van der Waals surface area (Å²) >= 11 is 11.5. The zero-order chi connectivity index (χ0) is 21.4. The first-order valence-electron chi connectivity index (χ1n) is 9.35. The maximum absolute atomic E-state index is 13.4. The molecule has 0 spiro atoms. The third kappa shape index (κ3) is 4.47. The number of amides is 2. The highest BCUT2D eigenvalue weighted by Crippen LogP contribution is 2.60. The van der Waals surface area contributed by atoms with Gasteiger partial charge in [0.1, 0.15) is 17.3 Å². The lowest BCUT2D eigenvalue weighted by molar-refractivity contribution is -0.151. The molecule has 0 unspecified atom stereocenters. The predicted molar refractivity (Wildman–Crippen MR) is 109 cm³/mol. The second-order valence-electron chi connectivity index (χ2n) is 7.80. The quantitative estimate of drug-likeness (QED) is 0.642. The Hall–Kier alpha value is -2.51. The van der Waals surface area contributed by atoms with Gasteiger partial charge in [-0.3, -0.25) is 9.59 Å². The van der Waals surface area contributed by atoms with Crippen molar-refractivity contribution in [3.8, 4) is 11.5 Å². The van der Waals surface area contributed by atoms with Crippen LogP contribution in [0.5, 0.6) is 11.5 Å². The topological polar surface area (TPSA) is 76.7 Å². The largest absolute Gasteiger partial charge is 0.484 e. The second kappa shape index (κ2) is 7.96. The summed E-state index contributed by atoms with van der Waals surface area (Å²) in [5, 5.41) is 6.44. The molecule has 0 aromatic heterocycles. The molecule has 9 heteroatoms. The van der Waals surface area contributed by atoms with E-state index in [0.29, 0.717) is 30.0 Å². The van der Waals surface area contributed by atoms with Crippen LogP contribution in [0.2, 0.25) is 10.0 Å². The number of halogens is 3. The van der Waals surface area contributed by atoms with E-state index in [4.69, 9.17) is 32.7 Å². The van der Waals surface area contributed by atoms with Gasteiger partial charge in [0.15, 0.2) is 13.2 Å². The smallest absolute Gasteiger partial charge is 0.258 e. The van der Waals surface area contributed by atoms with Crippen molar-refractivity contribution in [1.29, 1.82) is 0 Å². The Labute approximate surface area is 182 Å². The zero-order valence-electron chi connectivity index (χ0n) is 15.8. The molecule has 2 N–H and O–H groups in total. The molecule has 0 saturated heterocycles. The van der Waals surface area contributed by atoms with Crippen LogP contribution in [-0.2, 0) is 9.59 Å². The average molecular weight is 453 g/mol. The van der Waals surface area contributed by atoms with Gasteiger partial charge in [-0.1, -0.05) is 29.3 Å². The Morgan fingerprint density at radius 3 is 2.00 bits per heavy atom. The molecule has 30 heavy (non-hydrogen) atoms. The van der Waals surface area contributed by atoms with Crippen molar-refractivity contribution in [3.05, 3.63) is 58.3 Å². The molecule has 3 saturated carbocycles. The number of nitrogens with one attached hydrogen (secondary N) is 2. The highest BCUT2D eigenvalue weighted by Gasteiger charge is 2.69. The van der Waals surface area contributed by atoms with Crippen LogP contribution in [0.15, 0.2) is 42.5 Å². The van der Waals surface area contributed by atoms with Gasteiger partial charge < -0.3 is 20.1 Å². The van der Waals surface area contributed by atoms with Gasteiger partial charge in [-0.2, -0.15) is 0 Å². The van der Waals surface area contributed by atoms with E-state index in [-0.39, 0.29) is 46.9 Å². The lowest BCUT2D eigenvalue weighted by Crippen LogP contribution is -2.84. The number of carbonyl (C=O) groups excluding carboxylic acids is 2. The van der Waals surface area contributed by atoms with Gasteiger partial charge in [-0.15, -0.1) is 0 Å². The van der Waals surface area contributed by atoms with E-state index >= 15 is 0 Å². The molecule has 6 nitrogen and oxygen atoms in total. The van der Waals surface area contributed by atoms with E-state index in [1.807, 2.05) is 0 Å². The van der Waals surface area contributed by atoms with Crippen LogP contribution in [0.4, 0.5) is 4.39 Å². The Bertz CT molecular complexity index is 981. The van der Waals surface area contributed by atoms with E-state index in [1.54, 1.807) is 24.3 Å². The maximum Gasteiger partial charge on any atom is 0.258 e. The molecule has 3 fully saturated rings. The average Bonchev–Trinajstić information content (AvgIpc) is 2.65. The number of benzene rings is 2. The molecule has 5 rings (SSSR count). The Kier molecular flexibility index (Phi) is 5.51. The van der Waals surface area contributed by atoms with Crippen molar-refractivity contribution in [2.45, 2.75) is 30.3 Å². The normalized spacial score (nSPS) is 23.6. The number of hydrogen-bond donors (Lipinski definition) is 2. The van der Waals surface area contributed by atoms with Crippen LogP contribution in [0.25, 0.3) is 0 Å². The molecule has 2 amide bonds. The molecule has 2 aromatic rings. The lowest BCUT2D eigenvalue weighted by Gasteiger charge is -2.70. The number of rotatable bonds is 8. The van der Waals surface area contributed by atoms with E-state index in [2.05, 4.69) is 10.6 Å². The molecule has 2 bridgehead atoms. The maximum atomic E-state index is 13.4. The standard InChI is InChI=1S/C21H19Cl2FN2O4/c22-13-2-1-3-14(6-13)29-8-18(27)25-20-10-21(11-20,12-20)26-19(28)9-30-15-4-5-16(23)17(24)7-15/h1-7H,8-12H2,(H,25,27)(H,26,28). The first kappa shape index (κ1) is 20.8.